The van der Waals surface area contributed by atoms with Crippen LogP contribution in [0.1, 0.15) is 54.4 Å². The lowest BCUT2D eigenvalue weighted by molar-refractivity contribution is -0.230. The fourth-order valence-electron chi connectivity index (χ4n) is 5.67. The van der Waals surface area contributed by atoms with E-state index in [9.17, 15) is 4.79 Å². The third kappa shape index (κ3) is 4.96. The number of esters is 1. The van der Waals surface area contributed by atoms with Gasteiger partial charge in [-0.2, -0.15) is 0 Å². The molecule has 2 saturated heterocycles. The van der Waals surface area contributed by atoms with E-state index in [4.69, 9.17) is 23.4 Å². The van der Waals surface area contributed by atoms with E-state index in [0.29, 0.717) is 5.92 Å². The summed E-state index contributed by atoms with van der Waals surface area (Å²) in [5, 5.41) is 2.10. The van der Waals surface area contributed by atoms with Crippen molar-refractivity contribution in [1.82, 2.24) is 0 Å². The molecule has 4 atom stereocenters. The van der Waals surface area contributed by atoms with Crippen molar-refractivity contribution in [2.24, 2.45) is 5.92 Å². The molecule has 2 aromatic carbocycles. The van der Waals surface area contributed by atoms with Crippen LogP contribution in [-0.4, -0.2) is 50.8 Å². The Labute approximate surface area is 227 Å². The van der Waals surface area contributed by atoms with Gasteiger partial charge in [0.1, 0.15) is 6.10 Å². The number of ether oxygens (including phenoxy) is 4. The van der Waals surface area contributed by atoms with Gasteiger partial charge in [-0.1, -0.05) is 87.4 Å². The largest absolute Gasteiger partial charge is 0.440 e. The second-order valence-electron chi connectivity index (χ2n) is 12.0. The maximum absolute atomic E-state index is 12.5. The van der Waals surface area contributed by atoms with Gasteiger partial charge in [-0.05, 0) is 48.0 Å². The third-order valence-electron chi connectivity index (χ3n) is 7.49. The molecular weight excluding hydrogens is 496 g/mol. The van der Waals surface area contributed by atoms with Crippen LogP contribution < -0.4 is 10.4 Å². The van der Waals surface area contributed by atoms with Crippen molar-refractivity contribution in [2.45, 2.75) is 89.3 Å². The van der Waals surface area contributed by atoms with Crippen molar-refractivity contribution < 1.29 is 28.2 Å². The van der Waals surface area contributed by atoms with Crippen LogP contribution in [0.15, 0.2) is 60.7 Å². The van der Waals surface area contributed by atoms with Crippen molar-refractivity contribution in [3.63, 3.8) is 0 Å². The van der Waals surface area contributed by atoms with Crippen LogP contribution in [0.2, 0.25) is 5.04 Å². The molecule has 2 aromatic rings. The number of benzene rings is 2. The molecule has 4 unspecified atom stereocenters. The Morgan fingerprint density at radius 2 is 1.58 bits per heavy atom. The summed E-state index contributed by atoms with van der Waals surface area (Å²) in [6, 6.07) is 20.9. The highest BCUT2D eigenvalue weighted by Gasteiger charge is 2.66. The van der Waals surface area contributed by atoms with Gasteiger partial charge in [0.25, 0.3) is 8.32 Å². The number of hydrogen-bond acceptors (Lipinski definition) is 6. The van der Waals surface area contributed by atoms with E-state index in [2.05, 4.69) is 81.1 Å². The number of carbonyl (C=O) groups excluding carboxylic acids is 1. The molecule has 2 aliphatic heterocycles. The molecule has 0 aromatic heterocycles. The molecule has 0 amide bonds. The van der Waals surface area contributed by atoms with E-state index >= 15 is 0 Å². The van der Waals surface area contributed by atoms with Gasteiger partial charge in [0.05, 0.1) is 6.61 Å². The summed E-state index contributed by atoms with van der Waals surface area (Å²) in [5.41, 5.74) is -1.34. The molecule has 5 rings (SSSR count). The lowest BCUT2D eigenvalue weighted by Gasteiger charge is -2.44. The second kappa shape index (κ2) is 9.93. The summed E-state index contributed by atoms with van der Waals surface area (Å²) in [5.74, 6) is 5.61. The number of fused-ring (bicyclic) bond motifs is 1. The molecule has 6 nitrogen and oxygen atoms in total. The summed E-state index contributed by atoms with van der Waals surface area (Å²) in [6.45, 7) is 11.9. The minimum atomic E-state index is -2.87. The second-order valence-corrected chi connectivity index (χ2v) is 16.3. The normalized spacial score (nSPS) is 28.3. The molecule has 202 valence electrons. The zero-order valence-electron chi connectivity index (χ0n) is 23.2. The molecule has 3 fully saturated rings. The average Bonchev–Trinajstić information content (AvgIpc) is 3.58. The van der Waals surface area contributed by atoms with E-state index < -0.39 is 44.2 Å². The van der Waals surface area contributed by atoms with Crippen LogP contribution in [0.3, 0.4) is 0 Å². The van der Waals surface area contributed by atoms with Crippen LogP contribution in [0.4, 0.5) is 0 Å². The predicted molar refractivity (Wildman–Crippen MR) is 147 cm³/mol. The zero-order valence-corrected chi connectivity index (χ0v) is 24.2. The third-order valence-corrected chi connectivity index (χ3v) is 12.5. The number of carbonyl (C=O) groups is 1. The average molecular weight is 535 g/mol. The molecule has 0 N–H and O–H groups in total. The molecule has 1 aliphatic carbocycles. The topological polar surface area (TPSA) is 63.2 Å². The van der Waals surface area contributed by atoms with Crippen LogP contribution >= 0.6 is 0 Å². The maximum Gasteiger partial charge on any atom is 0.304 e. The van der Waals surface area contributed by atoms with E-state index in [1.807, 2.05) is 26.0 Å². The first-order valence-electron chi connectivity index (χ1n) is 13.5. The van der Waals surface area contributed by atoms with Gasteiger partial charge in [0.15, 0.2) is 18.2 Å². The molecule has 2 heterocycles. The summed E-state index contributed by atoms with van der Waals surface area (Å²) in [7, 11) is -2.87. The lowest BCUT2D eigenvalue weighted by Crippen LogP contribution is -2.67. The smallest absolute Gasteiger partial charge is 0.304 e. The molecule has 38 heavy (non-hydrogen) atoms. The zero-order chi connectivity index (χ0) is 27.2. The van der Waals surface area contributed by atoms with Crippen LogP contribution in [-0.2, 0) is 28.2 Å². The minimum Gasteiger partial charge on any atom is -0.440 e. The van der Waals surface area contributed by atoms with Gasteiger partial charge in [-0.15, -0.1) is 0 Å². The van der Waals surface area contributed by atoms with Gasteiger partial charge in [0.2, 0.25) is 5.60 Å². The fourth-order valence-corrected chi connectivity index (χ4v) is 10.2. The molecule has 0 radical (unpaired) electrons. The molecule has 1 saturated carbocycles. The molecule has 0 bridgehead atoms. The Balaban J connectivity index is 1.57. The monoisotopic (exact) mass is 534 g/mol. The molecule has 0 spiro atoms. The SMILES string of the molecule is CC(=O)OC1(C#CC2CC2)C(CO[Si](c2ccccc2)(c2ccccc2)C(C)(C)C)OC2OC(C)(C)OC21. The lowest BCUT2D eigenvalue weighted by atomic mass is 9.92. The summed E-state index contributed by atoms with van der Waals surface area (Å²) in [6.07, 6.45) is 0.00498. The summed E-state index contributed by atoms with van der Waals surface area (Å²) >= 11 is 0. The predicted octanol–water partition coefficient (Wildman–Crippen LogP) is 4.15. The van der Waals surface area contributed by atoms with Crippen molar-refractivity contribution >= 4 is 24.7 Å². The highest BCUT2D eigenvalue weighted by Crippen LogP contribution is 2.46. The van der Waals surface area contributed by atoms with Gasteiger partial charge < -0.3 is 23.4 Å². The fraction of sp³-hybridized carbons (Fsp3) is 0.516. The van der Waals surface area contributed by atoms with E-state index in [-0.39, 0.29) is 11.6 Å². The Kier molecular flexibility index (Phi) is 7.08. The number of hydrogen-bond donors (Lipinski definition) is 0. The van der Waals surface area contributed by atoms with Crippen LogP contribution in [0, 0.1) is 17.8 Å². The van der Waals surface area contributed by atoms with E-state index in [1.165, 1.54) is 6.92 Å². The first-order valence-corrected chi connectivity index (χ1v) is 15.4. The minimum absolute atomic E-state index is 0.167. The van der Waals surface area contributed by atoms with E-state index in [0.717, 1.165) is 23.2 Å². The Morgan fingerprint density at radius 1 is 1.00 bits per heavy atom. The van der Waals surface area contributed by atoms with Crippen LogP contribution in [0.25, 0.3) is 0 Å². The first-order chi connectivity index (χ1) is 18.0. The van der Waals surface area contributed by atoms with Gasteiger partial charge in [-0.3, -0.25) is 4.79 Å². The van der Waals surface area contributed by atoms with Gasteiger partial charge >= 0.3 is 5.97 Å². The summed E-state index contributed by atoms with van der Waals surface area (Å²) in [4.78, 5) is 12.5. The first kappa shape index (κ1) is 27.1. The van der Waals surface area contributed by atoms with Crippen molar-refractivity contribution in [1.29, 1.82) is 0 Å². The van der Waals surface area contributed by atoms with Crippen LogP contribution in [0.5, 0.6) is 0 Å². The van der Waals surface area contributed by atoms with Crippen molar-refractivity contribution in [3.05, 3.63) is 60.7 Å². The van der Waals surface area contributed by atoms with Crippen molar-refractivity contribution in [3.8, 4) is 11.8 Å². The Morgan fingerprint density at radius 3 is 2.08 bits per heavy atom. The van der Waals surface area contributed by atoms with E-state index in [1.54, 1.807) is 0 Å². The highest BCUT2D eigenvalue weighted by atomic mass is 28.4. The van der Waals surface area contributed by atoms with Gasteiger partial charge in [-0.25, -0.2) is 0 Å². The standard InChI is InChI=1S/C31H38O6Si/c1-22(32)35-31(20-19-23-17-18-23)26(34-28-27(31)36-30(5,6)37-28)21-33-38(29(2,3)4,24-13-9-7-10-14-24)25-15-11-8-12-16-25/h7-16,23,26-28H,17-18,21H2,1-6H3. The molecular formula is C31H38O6Si. The highest BCUT2D eigenvalue weighted by molar-refractivity contribution is 6.99. The maximum atomic E-state index is 12.5. The Hall–Kier alpha value is -2.47. The quantitative estimate of drug-likeness (QED) is 0.315. The summed E-state index contributed by atoms with van der Waals surface area (Å²) < 4.78 is 32.0. The van der Waals surface area contributed by atoms with Crippen molar-refractivity contribution in [2.75, 3.05) is 6.61 Å². The molecule has 3 aliphatic rings. The van der Waals surface area contributed by atoms with Gasteiger partial charge in [0, 0.05) is 12.8 Å². The Bertz CT molecular complexity index is 1170. The number of rotatable bonds is 6. The molecule has 7 heteroatoms.